The highest BCUT2D eigenvalue weighted by Gasteiger charge is 2.41. The Bertz CT molecular complexity index is 560. The topological polar surface area (TPSA) is 55.2 Å². The van der Waals surface area contributed by atoms with Gasteiger partial charge in [-0.3, -0.25) is 0 Å². The SMILES string of the molecule is CC(C)CC1n2cncc2CN(CC2CC2)S1(=O)=O. The molecule has 1 aromatic rings. The van der Waals surface area contributed by atoms with Crippen LogP contribution in [-0.4, -0.2) is 28.8 Å². The maximum absolute atomic E-state index is 12.7. The molecule has 1 saturated carbocycles. The molecule has 2 heterocycles. The fraction of sp³-hybridized carbons (Fsp3) is 0.769. The summed E-state index contributed by atoms with van der Waals surface area (Å²) in [6, 6.07) is 0. The van der Waals surface area contributed by atoms with E-state index < -0.39 is 15.4 Å². The summed E-state index contributed by atoms with van der Waals surface area (Å²) in [6.45, 7) is 5.29. The molecular weight excluding hydrogens is 262 g/mol. The second kappa shape index (κ2) is 4.59. The molecule has 0 bridgehead atoms. The first-order valence-corrected chi connectivity index (χ1v) is 8.48. The Morgan fingerprint density at radius 1 is 1.42 bits per heavy atom. The molecular formula is C13H21N3O2S. The summed E-state index contributed by atoms with van der Waals surface area (Å²) >= 11 is 0. The van der Waals surface area contributed by atoms with Crippen LogP contribution in [0.4, 0.5) is 0 Å². The van der Waals surface area contributed by atoms with Gasteiger partial charge in [-0.2, -0.15) is 4.31 Å². The van der Waals surface area contributed by atoms with Gasteiger partial charge in [0, 0.05) is 12.7 Å². The van der Waals surface area contributed by atoms with Crippen molar-refractivity contribution in [2.45, 2.75) is 45.0 Å². The first kappa shape index (κ1) is 13.1. The van der Waals surface area contributed by atoms with Gasteiger partial charge in [-0.25, -0.2) is 13.4 Å². The molecule has 1 aliphatic carbocycles. The van der Waals surface area contributed by atoms with Crippen LogP contribution in [0.2, 0.25) is 0 Å². The highest BCUT2D eigenvalue weighted by Crippen LogP contribution is 2.37. The molecule has 1 unspecified atom stereocenters. The average Bonchev–Trinajstić information content (AvgIpc) is 3.01. The maximum atomic E-state index is 12.7. The summed E-state index contributed by atoms with van der Waals surface area (Å²) in [7, 11) is -3.24. The van der Waals surface area contributed by atoms with Gasteiger partial charge in [0.25, 0.3) is 0 Å². The second-order valence-corrected chi connectivity index (χ2v) is 8.25. The van der Waals surface area contributed by atoms with Crippen LogP contribution in [0.25, 0.3) is 0 Å². The van der Waals surface area contributed by atoms with E-state index in [1.165, 1.54) is 12.8 Å². The number of sulfonamides is 1. The summed E-state index contributed by atoms with van der Waals surface area (Å²) < 4.78 is 29.0. The summed E-state index contributed by atoms with van der Waals surface area (Å²) in [6.07, 6.45) is 6.43. The van der Waals surface area contributed by atoms with E-state index >= 15 is 0 Å². The molecule has 1 atom stereocenters. The van der Waals surface area contributed by atoms with Gasteiger partial charge >= 0.3 is 0 Å². The second-order valence-electron chi connectivity index (χ2n) is 6.16. The fourth-order valence-electron chi connectivity index (χ4n) is 2.70. The van der Waals surface area contributed by atoms with E-state index in [9.17, 15) is 8.42 Å². The predicted octanol–water partition coefficient (Wildman–Crippen LogP) is 1.98. The lowest BCUT2D eigenvalue weighted by Crippen LogP contribution is -2.43. The van der Waals surface area contributed by atoms with Gasteiger partial charge in [0.2, 0.25) is 10.0 Å². The van der Waals surface area contributed by atoms with Gasteiger partial charge in [0.15, 0.2) is 5.37 Å². The molecule has 1 aliphatic heterocycles. The average molecular weight is 283 g/mol. The van der Waals surface area contributed by atoms with Crippen molar-refractivity contribution in [2.75, 3.05) is 6.54 Å². The number of hydrogen-bond donors (Lipinski definition) is 0. The number of fused-ring (bicyclic) bond motifs is 1. The van der Waals surface area contributed by atoms with Crippen LogP contribution in [0.1, 0.15) is 44.2 Å². The van der Waals surface area contributed by atoms with Crippen LogP contribution in [-0.2, 0) is 16.6 Å². The Morgan fingerprint density at radius 3 is 2.79 bits per heavy atom. The predicted molar refractivity (Wildman–Crippen MR) is 72.8 cm³/mol. The van der Waals surface area contributed by atoms with Crippen LogP contribution in [0.15, 0.2) is 12.5 Å². The molecule has 0 saturated heterocycles. The van der Waals surface area contributed by atoms with Crippen LogP contribution in [0.3, 0.4) is 0 Å². The minimum Gasteiger partial charge on any atom is -0.314 e. The van der Waals surface area contributed by atoms with Gasteiger partial charge < -0.3 is 4.57 Å². The Morgan fingerprint density at radius 2 is 2.16 bits per heavy atom. The summed E-state index contributed by atoms with van der Waals surface area (Å²) in [5.41, 5.74) is 1.01. The van der Waals surface area contributed by atoms with Crippen molar-refractivity contribution in [3.8, 4) is 0 Å². The van der Waals surface area contributed by atoms with E-state index in [4.69, 9.17) is 0 Å². The third kappa shape index (κ3) is 2.43. The highest BCUT2D eigenvalue weighted by molar-refractivity contribution is 7.89. The quantitative estimate of drug-likeness (QED) is 0.849. The summed E-state index contributed by atoms with van der Waals surface area (Å²) in [4.78, 5) is 4.13. The smallest absolute Gasteiger partial charge is 0.236 e. The Labute approximate surface area is 114 Å². The fourth-order valence-corrected chi connectivity index (χ4v) is 4.88. The normalized spacial score (nSPS) is 26.6. The van der Waals surface area contributed by atoms with E-state index in [0.29, 0.717) is 31.3 Å². The zero-order valence-corrected chi connectivity index (χ0v) is 12.3. The van der Waals surface area contributed by atoms with Crippen molar-refractivity contribution >= 4 is 10.0 Å². The molecule has 6 heteroatoms. The standard InChI is InChI=1S/C13H21N3O2S/c1-10(2)5-13-16-9-14-6-12(16)8-15(19(13,17)18)7-11-3-4-11/h6,9-11,13H,3-5,7-8H2,1-2H3. The molecule has 5 nitrogen and oxygen atoms in total. The first-order chi connectivity index (χ1) is 8.98. The van der Waals surface area contributed by atoms with E-state index in [1.54, 1.807) is 16.8 Å². The van der Waals surface area contributed by atoms with E-state index in [2.05, 4.69) is 18.8 Å². The largest absolute Gasteiger partial charge is 0.314 e. The molecule has 0 aromatic carbocycles. The lowest BCUT2D eigenvalue weighted by atomic mass is 10.1. The van der Waals surface area contributed by atoms with Crippen molar-refractivity contribution < 1.29 is 8.42 Å². The molecule has 0 N–H and O–H groups in total. The maximum Gasteiger partial charge on any atom is 0.236 e. The molecule has 3 rings (SSSR count). The summed E-state index contributed by atoms with van der Waals surface area (Å²) in [5, 5.41) is -0.475. The number of rotatable bonds is 4. The van der Waals surface area contributed by atoms with E-state index in [-0.39, 0.29) is 0 Å². The number of imidazole rings is 1. The number of aromatic nitrogens is 2. The zero-order chi connectivity index (χ0) is 13.6. The van der Waals surface area contributed by atoms with Gasteiger partial charge in [0.1, 0.15) is 0 Å². The molecule has 2 aliphatic rings. The van der Waals surface area contributed by atoms with Crippen LogP contribution < -0.4 is 0 Å². The lowest BCUT2D eigenvalue weighted by molar-refractivity contribution is 0.326. The van der Waals surface area contributed by atoms with Gasteiger partial charge in [-0.15, -0.1) is 0 Å². The summed E-state index contributed by atoms with van der Waals surface area (Å²) in [5.74, 6) is 0.917. The molecule has 1 aromatic heterocycles. The lowest BCUT2D eigenvalue weighted by Gasteiger charge is -2.34. The van der Waals surface area contributed by atoms with Crippen molar-refractivity contribution in [1.29, 1.82) is 0 Å². The van der Waals surface area contributed by atoms with E-state index in [0.717, 1.165) is 5.69 Å². The first-order valence-electron chi connectivity index (χ1n) is 6.98. The zero-order valence-electron chi connectivity index (χ0n) is 11.5. The van der Waals surface area contributed by atoms with Crippen molar-refractivity contribution in [3.05, 3.63) is 18.2 Å². The minimum absolute atomic E-state index is 0.343. The van der Waals surface area contributed by atoms with Crippen molar-refractivity contribution in [1.82, 2.24) is 13.9 Å². The van der Waals surface area contributed by atoms with Crippen LogP contribution >= 0.6 is 0 Å². The molecule has 106 valence electrons. The number of hydrogen-bond acceptors (Lipinski definition) is 3. The minimum atomic E-state index is -3.24. The van der Waals surface area contributed by atoms with Crippen molar-refractivity contribution in [2.24, 2.45) is 11.8 Å². The van der Waals surface area contributed by atoms with Gasteiger partial charge in [0.05, 0.1) is 18.6 Å². The van der Waals surface area contributed by atoms with E-state index in [1.807, 2.05) is 4.57 Å². The van der Waals surface area contributed by atoms with Crippen LogP contribution in [0.5, 0.6) is 0 Å². The third-order valence-corrected chi connectivity index (χ3v) is 6.04. The molecule has 19 heavy (non-hydrogen) atoms. The highest BCUT2D eigenvalue weighted by atomic mass is 32.2. The van der Waals surface area contributed by atoms with Crippen LogP contribution in [0, 0.1) is 11.8 Å². The van der Waals surface area contributed by atoms with Gasteiger partial charge in [-0.1, -0.05) is 13.8 Å². The molecule has 0 radical (unpaired) electrons. The molecule has 0 amide bonds. The van der Waals surface area contributed by atoms with Crippen molar-refractivity contribution in [3.63, 3.8) is 0 Å². The van der Waals surface area contributed by atoms with Gasteiger partial charge in [-0.05, 0) is 31.1 Å². The molecule has 0 spiro atoms. The monoisotopic (exact) mass is 283 g/mol. The Balaban J connectivity index is 1.95. The number of nitrogens with zero attached hydrogens (tertiary/aromatic N) is 3. The molecule has 1 fully saturated rings. The Kier molecular flexibility index (Phi) is 3.17. The third-order valence-electron chi connectivity index (χ3n) is 3.93. The Hall–Kier alpha value is -0.880.